The number of thiazole rings is 1. The highest BCUT2D eigenvalue weighted by Gasteiger charge is 2.31. The second kappa shape index (κ2) is 7.10. The summed E-state index contributed by atoms with van der Waals surface area (Å²) in [6.45, 7) is 4.69. The third-order valence-corrected chi connectivity index (χ3v) is 4.92. The van der Waals surface area contributed by atoms with Gasteiger partial charge in [-0.25, -0.2) is 4.98 Å². The summed E-state index contributed by atoms with van der Waals surface area (Å²) in [6, 6.07) is 8.17. The maximum Gasteiger partial charge on any atom is 0.219 e. The number of amides is 1. The summed E-state index contributed by atoms with van der Waals surface area (Å²) in [7, 11) is 1.69. The maximum absolute atomic E-state index is 11.8. The first kappa shape index (κ1) is 16.0. The number of carbonyl (C=O) groups is 1. The fourth-order valence-corrected chi connectivity index (χ4v) is 3.61. The molecule has 2 aromatic rings. The number of aromatic nitrogens is 1. The zero-order valence-corrected chi connectivity index (χ0v) is 14.3. The van der Waals surface area contributed by atoms with E-state index in [9.17, 15) is 4.79 Å². The number of ether oxygens (including phenoxy) is 1. The van der Waals surface area contributed by atoms with Crippen LogP contribution in [0.5, 0.6) is 5.75 Å². The van der Waals surface area contributed by atoms with Gasteiger partial charge in [0.15, 0.2) is 0 Å². The fraction of sp³-hybridized carbons (Fsp3) is 0.412. The summed E-state index contributed by atoms with van der Waals surface area (Å²) in [5.74, 6) is 0.990. The van der Waals surface area contributed by atoms with Gasteiger partial charge in [-0.3, -0.25) is 9.69 Å². The Hall–Kier alpha value is -1.92. The summed E-state index contributed by atoms with van der Waals surface area (Å²) in [4.78, 5) is 20.5. The number of piperazine rings is 1. The molecule has 1 aromatic carbocycles. The molecular weight excluding hydrogens is 310 g/mol. The molecule has 122 valence electrons. The van der Waals surface area contributed by atoms with Crippen molar-refractivity contribution < 1.29 is 9.53 Å². The van der Waals surface area contributed by atoms with E-state index in [4.69, 9.17) is 4.74 Å². The van der Waals surface area contributed by atoms with Crippen LogP contribution in [-0.2, 0) is 11.3 Å². The van der Waals surface area contributed by atoms with Gasteiger partial charge in [-0.15, -0.1) is 11.3 Å². The molecule has 0 spiro atoms. The SMILES string of the molecule is COc1ccccc1[C@H]1CN(C(C)=O)CCN1Cc1cscn1. The van der Waals surface area contributed by atoms with Gasteiger partial charge in [0.25, 0.3) is 0 Å². The Bertz CT molecular complexity index is 660. The van der Waals surface area contributed by atoms with Crippen LogP contribution in [0.2, 0.25) is 0 Å². The van der Waals surface area contributed by atoms with Crippen LogP contribution < -0.4 is 4.74 Å². The Morgan fingerprint density at radius 2 is 2.22 bits per heavy atom. The molecule has 1 amide bonds. The molecule has 2 heterocycles. The minimum atomic E-state index is 0.116. The number of para-hydroxylation sites is 1. The van der Waals surface area contributed by atoms with Crippen LogP contribution in [0, 0.1) is 0 Å². The van der Waals surface area contributed by atoms with E-state index in [0.717, 1.165) is 36.6 Å². The molecule has 6 heteroatoms. The van der Waals surface area contributed by atoms with Crippen LogP contribution in [0.15, 0.2) is 35.2 Å². The third kappa shape index (κ3) is 3.54. The van der Waals surface area contributed by atoms with Crippen molar-refractivity contribution in [2.24, 2.45) is 0 Å². The van der Waals surface area contributed by atoms with Crippen LogP contribution in [0.25, 0.3) is 0 Å². The minimum absolute atomic E-state index is 0.116. The van der Waals surface area contributed by atoms with Gasteiger partial charge in [0, 0.05) is 44.0 Å². The number of hydrogen-bond donors (Lipinski definition) is 0. The van der Waals surface area contributed by atoms with E-state index in [1.54, 1.807) is 25.4 Å². The second-order valence-electron chi connectivity index (χ2n) is 5.67. The van der Waals surface area contributed by atoms with Crippen LogP contribution in [0.3, 0.4) is 0 Å². The number of methoxy groups -OCH3 is 1. The number of rotatable bonds is 4. The largest absolute Gasteiger partial charge is 0.496 e. The lowest BCUT2D eigenvalue weighted by Crippen LogP contribution is -2.49. The molecule has 1 saturated heterocycles. The van der Waals surface area contributed by atoms with E-state index in [0.29, 0.717) is 6.54 Å². The lowest BCUT2D eigenvalue weighted by Gasteiger charge is -2.41. The first-order chi connectivity index (χ1) is 11.2. The smallest absolute Gasteiger partial charge is 0.219 e. The first-order valence-corrected chi connectivity index (χ1v) is 8.63. The van der Waals surface area contributed by atoms with E-state index >= 15 is 0 Å². The molecule has 0 aliphatic carbocycles. The predicted molar refractivity (Wildman–Crippen MR) is 90.5 cm³/mol. The molecule has 0 N–H and O–H groups in total. The number of benzene rings is 1. The van der Waals surface area contributed by atoms with Gasteiger partial charge in [-0.2, -0.15) is 0 Å². The van der Waals surface area contributed by atoms with Gasteiger partial charge < -0.3 is 9.64 Å². The molecule has 1 aromatic heterocycles. The Balaban J connectivity index is 1.89. The molecule has 1 atom stereocenters. The van der Waals surface area contributed by atoms with Crippen molar-refractivity contribution in [2.75, 3.05) is 26.7 Å². The summed E-state index contributed by atoms with van der Waals surface area (Å²) in [5, 5.41) is 2.08. The molecular formula is C17H21N3O2S. The highest BCUT2D eigenvalue weighted by molar-refractivity contribution is 7.07. The van der Waals surface area contributed by atoms with Gasteiger partial charge in [0.1, 0.15) is 5.75 Å². The van der Waals surface area contributed by atoms with E-state index < -0.39 is 0 Å². The van der Waals surface area contributed by atoms with Crippen molar-refractivity contribution in [3.8, 4) is 5.75 Å². The molecule has 0 radical (unpaired) electrons. The van der Waals surface area contributed by atoms with Crippen molar-refractivity contribution in [1.82, 2.24) is 14.8 Å². The normalized spacial score (nSPS) is 18.9. The zero-order valence-electron chi connectivity index (χ0n) is 13.4. The van der Waals surface area contributed by atoms with Crippen molar-refractivity contribution in [3.05, 3.63) is 46.4 Å². The number of hydrogen-bond acceptors (Lipinski definition) is 5. The second-order valence-corrected chi connectivity index (χ2v) is 6.39. The maximum atomic E-state index is 11.8. The molecule has 5 nitrogen and oxygen atoms in total. The van der Waals surface area contributed by atoms with Crippen molar-refractivity contribution in [3.63, 3.8) is 0 Å². The van der Waals surface area contributed by atoms with E-state index in [-0.39, 0.29) is 11.9 Å². The van der Waals surface area contributed by atoms with Crippen molar-refractivity contribution >= 4 is 17.2 Å². The molecule has 23 heavy (non-hydrogen) atoms. The minimum Gasteiger partial charge on any atom is -0.496 e. The summed E-state index contributed by atoms with van der Waals surface area (Å²) in [5.41, 5.74) is 4.06. The highest BCUT2D eigenvalue weighted by atomic mass is 32.1. The van der Waals surface area contributed by atoms with Gasteiger partial charge in [-0.1, -0.05) is 18.2 Å². The van der Waals surface area contributed by atoms with Crippen LogP contribution >= 0.6 is 11.3 Å². The monoisotopic (exact) mass is 331 g/mol. The quantitative estimate of drug-likeness (QED) is 0.864. The van der Waals surface area contributed by atoms with Gasteiger partial charge in [0.05, 0.1) is 24.4 Å². The summed E-state index contributed by atoms with van der Waals surface area (Å²) >= 11 is 1.61. The molecule has 1 aliphatic rings. The molecule has 0 bridgehead atoms. The van der Waals surface area contributed by atoms with Crippen molar-refractivity contribution in [1.29, 1.82) is 0 Å². The van der Waals surface area contributed by atoms with Crippen molar-refractivity contribution in [2.45, 2.75) is 19.5 Å². The highest BCUT2D eigenvalue weighted by Crippen LogP contribution is 2.33. The average Bonchev–Trinajstić information content (AvgIpc) is 3.08. The topological polar surface area (TPSA) is 45.7 Å². The van der Waals surface area contributed by atoms with Gasteiger partial charge in [0.2, 0.25) is 5.91 Å². The molecule has 1 aliphatic heterocycles. The van der Waals surface area contributed by atoms with E-state index in [1.807, 2.05) is 28.6 Å². The standard InChI is InChI=1S/C17H21N3O2S/c1-13(21)19-7-8-20(9-14-11-23-12-18-14)16(10-19)15-5-3-4-6-17(15)22-2/h3-6,11-12,16H,7-10H2,1-2H3/t16-/m1/s1. The Labute approximate surface area is 140 Å². The van der Waals surface area contributed by atoms with Gasteiger partial charge >= 0.3 is 0 Å². The summed E-state index contributed by atoms with van der Waals surface area (Å²) < 4.78 is 5.53. The van der Waals surface area contributed by atoms with Crippen LogP contribution in [0.1, 0.15) is 24.2 Å². The Morgan fingerprint density at radius 1 is 1.39 bits per heavy atom. The Kier molecular flexibility index (Phi) is 4.93. The lowest BCUT2D eigenvalue weighted by molar-refractivity contribution is -0.132. The molecule has 3 rings (SSSR count). The lowest BCUT2D eigenvalue weighted by atomic mass is 10.0. The molecule has 0 saturated carbocycles. The third-order valence-electron chi connectivity index (χ3n) is 4.28. The Morgan fingerprint density at radius 3 is 2.91 bits per heavy atom. The number of carbonyl (C=O) groups excluding carboxylic acids is 1. The van der Waals surface area contributed by atoms with Gasteiger partial charge in [-0.05, 0) is 6.07 Å². The zero-order chi connectivity index (χ0) is 16.2. The first-order valence-electron chi connectivity index (χ1n) is 7.68. The van der Waals surface area contributed by atoms with Crippen LogP contribution in [-0.4, -0.2) is 47.4 Å². The van der Waals surface area contributed by atoms with Crippen LogP contribution in [0.4, 0.5) is 0 Å². The van der Waals surface area contributed by atoms with E-state index in [2.05, 4.69) is 21.3 Å². The fourth-order valence-electron chi connectivity index (χ4n) is 3.06. The number of nitrogens with zero attached hydrogens (tertiary/aromatic N) is 3. The predicted octanol–water partition coefficient (Wildman–Crippen LogP) is 2.56. The molecule has 1 fully saturated rings. The summed E-state index contributed by atoms with van der Waals surface area (Å²) in [6.07, 6.45) is 0. The van der Waals surface area contributed by atoms with E-state index in [1.165, 1.54) is 0 Å². The average molecular weight is 331 g/mol. The molecule has 0 unspecified atom stereocenters.